The van der Waals surface area contributed by atoms with E-state index in [1.54, 1.807) is 0 Å². The zero-order chi connectivity index (χ0) is 10.7. The van der Waals surface area contributed by atoms with E-state index in [1.165, 1.54) is 0 Å². The highest BCUT2D eigenvalue weighted by atomic mass is 16.5. The van der Waals surface area contributed by atoms with Crippen LogP contribution in [0.4, 0.5) is 0 Å². The molecule has 0 fully saturated rings. The van der Waals surface area contributed by atoms with E-state index in [1.807, 2.05) is 38.1 Å². The highest BCUT2D eigenvalue weighted by Gasteiger charge is 2.07. The van der Waals surface area contributed by atoms with Crippen molar-refractivity contribution in [3.63, 3.8) is 0 Å². The lowest BCUT2D eigenvalue weighted by Crippen LogP contribution is -2.19. The van der Waals surface area contributed by atoms with Crippen LogP contribution in [0.1, 0.15) is 19.4 Å². The lowest BCUT2D eigenvalue weighted by Gasteiger charge is -2.10. The minimum absolute atomic E-state index is 0.220. The van der Waals surface area contributed by atoms with Crippen LogP contribution in [0, 0.1) is 0 Å². The topological polar surface area (TPSA) is 33.6 Å². The molecule has 2 rings (SSSR count). The minimum Gasteiger partial charge on any atom is -0.491 e. The average Bonchev–Trinajstić information content (AvgIpc) is 2.71. The summed E-state index contributed by atoms with van der Waals surface area (Å²) in [7, 11) is 0. The predicted octanol–water partition coefficient (Wildman–Crippen LogP) is 1.82. The van der Waals surface area contributed by atoms with Crippen molar-refractivity contribution in [2.75, 3.05) is 13.1 Å². The van der Waals surface area contributed by atoms with E-state index in [0.717, 1.165) is 30.2 Å². The summed E-state index contributed by atoms with van der Waals surface area (Å²) in [5.74, 6) is 1.90. The van der Waals surface area contributed by atoms with E-state index in [2.05, 4.69) is 10.3 Å². The van der Waals surface area contributed by atoms with Crippen LogP contribution in [0.3, 0.4) is 0 Å². The summed E-state index contributed by atoms with van der Waals surface area (Å²) in [6.07, 6.45) is 0.220. The maximum absolute atomic E-state index is 5.57. The van der Waals surface area contributed by atoms with Crippen molar-refractivity contribution >= 4 is 5.84 Å². The Balaban J connectivity index is 2.10. The van der Waals surface area contributed by atoms with Crippen molar-refractivity contribution in [1.82, 2.24) is 5.32 Å². The van der Waals surface area contributed by atoms with Crippen LogP contribution in [-0.4, -0.2) is 25.0 Å². The third kappa shape index (κ3) is 2.49. The molecular weight excluding hydrogens is 188 g/mol. The Bertz CT molecular complexity index is 354. The summed E-state index contributed by atoms with van der Waals surface area (Å²) in [6.45, 7) is 5.87. The second kappa shape index (κ2) is 4.34. The number of ether oxygens (including phenoxy) is 1. The van der Waals surface area contributed by atoms with Crippen LogP contribution in [-0.2, 0) is 0 Å². The molecule has 0 aromatic heterocycles. The summed E-state index contributed by atoms with van der Waals surface area (Å²) in [4.78, 5) is 4.36. The fraction of sp³-hybridized carbons (Fsp3) is 0.417. The lowest BCUT2D eigenvalue weighted by atomic mass is 10.2. The Hall–Kier alpha value is -1.51. The first kappa shape index (κ1) is 10.0. The number of nitrogens with zero attached hydrogens (tertiary/aromatic N) is 1. The summed E-state index contributed by atoms with van der Waals surface area (Å²) in [5, 5.41) is 3.24. The van der Waals surface area contributed by atoms with Crippen LogP contribution in [0.2, 0.25) is 0 Å². The van der Waals surface area contributed by atoms with E-state index in [-0.39, 0.29) is 6.10 Å². The molecule has 15 heavy (non-hydrogen) atoms. The van der Waals surface area contributed by atoms with E-state index >= 15 is 0 Å². The van der Waals surface area contributed by atoms with Crippen molar-refractivity contribution in [3.05, 3.63) is 29.8 Å². The smallest absolute Gasteiger partial charge is 0.128 e. The summed E-state index contributed by atoms with van der Waals surface area (Å²) < 4.78 is 5.57. The van der Waals surface area contributed by atoms with Crippen LogP contribution in [0.15, 0.2) is 29.3 Å². The Morgan fingerprint density at radius 1 is 1.27 bits per heavy atom. The van der Waals surface area contributed by atoms with Crippen LogP contribution >= 0.6 is 0 Å². The average molecular weight is 204 g/mol. The molecule has 0 atom stereocenters. The molecule has 0 unspecified atom stereocenters. The first-order valence-corrected chi connectivity index (χ1v) is 5.31. The van der Waals surface area contributed by atoms with Gasteiger partial charge in [0.15, 0.2) is 0 Å². The molecule has 0 saturated heterocycles. The van der Waals surface area contributed by atoms with Gasteiger partial charge < -0.3 is 10.1 Å². The number of amidine groups is 1. The SMILES string of the molecule is CC(C)Oc1ccc(C2=NCCN2)cc1. The molecule has 0 radical (unpaired) electrons. The standard InChI is InChI=1S/C12H16N2O/c1-9(2)15-11-5-3-10(4-6-11)12-13-7-8-14-12/h3-6,9H,7-8H2,1-2H3,(H,13,14). The first-order chi connectivity index (χ1) is 7.25. The molecule has 1 aliphatic heterocycles. The molecule has 0 aliphatic carbocycles. The van der Waals surface area contributed by atoms with E-state index in [4.69, 9.17) is 4.74 Å². The highest BCUT2D eigenvalue weighted by Crippen LogP contribution is 2.14. The quantitative estimate of drug-likeness (QED) is 0.814. The molecule has 0 saturated carbocycles. The van der Waals surface area contributed by atoms with Crippen molar-refractivity contribution in [1.29, 1.82) is 0 Å². The Kier molecular flexibility index (Phi) is 2.90. The zero-order valence-corrected chi connectivity index (χ0v) is 9.16. The molecule has 3 heteroatoms. The molecule has 0 spiro atoms. The van der Waals surface area contributed by atoms with Gasteiger partial charge >= 0.3 is 0 Å². The van der Waals surface area contributed by atoms with Gasteiger partial charge in [-0.25, -0.2) is 0 Å². The lowest BCUT2D eigenvalue weighted by molar-refractivity contribution is 0.242. The summed E-state index contributed by atoms with van der Waals surface area (Å²) in [6, 6.07) is 8.04. The van der Waals surface area contributed by atoms with Crippen molar-refractivity contribution in [2.24, 2.45) is 4.99 Å². The fourth-order valence-corrected chi connectivity index (χ4v) is 1.55. The van der Waals surface area contributed by atoms with Crippen molar-refractivity contribution in [2.45, 2.75) is 20.0 Å². The monoisotopic (exact) mass is 204 g/mol. The van der Waals surface area contributed by atoms with Gasteiger partial charge in [-0.05, 0) is 38.1 Å². The number of benzene rings is 1. The van der Waals surface area contributed by atoms with Gasteiger partial charge in [-0.2, -0.15) is 0 Å². The number of hydrogen-bond donors (Lipinski definition) is 1. The summed E-state index contributed by atoms with van der Waals surface area (Å²) in [5.41, 5.74) is 1.13. The maximum Gasteiger partial charge on any atom is 0.128 e. The molecule has 0 amide bonds. The molecule has 1 aliphatic rings. The Morgan fingerprint density at radius 2 is 2.00 bits per heavy atom. The van der Waals surface area contributed by atoms with Crippen molar-refractivity contribution in [3.8, 4) is 5.75 Å². The Labute approximate surface area is 90.2 Å². The number of aliphatic imine (C=N–C) groups is 1. The molecule has 1 heterocycles. The van der Waals surface area contributed by atoms with Gasteiger partial charge in [0.05, 0.1) is 12.6 Å². The summed E-state index contributed by atoms with van der Waals surface area (Å²) >= 11 is 0. The highest BCUT2D eigenvalue weighted by molar-refractivity contribution is 5.99. The largest absolute Gasteiger partial charge is 0.491 e. The van der Waals surface area contributed by atoms with E-state index < -0.39 is 0 Å². The van der Waals surface area contributed by atoms with Gasteiger partial charge in [0, 0.05) is 12.1 Å². The molecule has 1 N–H and O–H groups in total. The molecule has 80 valence electrons. The molecule has 1 aromatic rings. The second-order valence-corrected chi connectivity index (χ2v) is 3.85. The van der Waals surface area contributed by atoms with Gasteiger partial charge in [-0.15, -0.1) is 0 Å². The first-order valence-electron chi connectivity index (χ1n) is 5.31. The molecule has 3 nitrogen and oxygen atoms in total. The van der Waals surface area contributed by atoms with Gasteiger partial charge in [0.2, 0.25) is 0 Å². The molecule has 0 bridgehead atoms. The third-order valence-corrected chi connectivity index (χ3v) is 2.17. The maximum atomic E-state index is 5.57. The number of rotatable bonds is 3. The zero-order valence-electron chi connectivity index (χ0n) is 9.16. The van der Waals surface area contributed by atoms with Gasteiger partial charge in [-0.1, -0.05) is 0 Å². The van der Waals surface area contributed by atoms with Crippen molar-refractivity contribution < 1.29 is 4.74 Å². The number of hydrogen-bond acceptors (Lipinski definition) is 3. The van der Waals surface area contributed by atoms with Gasteiger partial charge in [0.25, 0.3) is 0 Å². The van der Waals surface area contributed by atoms with E-state index in [9.17, 15) is 0 Å². The normalized spacial score (nSPS) is 15.0. The van der Waals surface area contributed by atoms with Crippen LogP contribution < -0.4 is 10.1 Å². The van der Waals surface area contributed by atoms with Crippen LogP contribution in [0.25, 0.3) is 0 Å². The fourth-order valence-electron chi connectivity index (χ4n) is 1.55. The van der Waals surface area contributed by atoms with E-state index in [0.29, 0.717) is 0 Å². The number of nitrogens with one attached hydrogen (secondary N) is 1. The predicted molar refractivity (Wildman–Crippen MR) is 61.6 cm³/mol. The third-order valence-electron chi connectivity index (χ3n) is 2.17. The van der Waals surface area contributed by atoms with Gasteiger partial charge in [-0.3, -0.25) is 4.99 Å². The molecular formula is C12H16N2O. The minimum atomic E-state index is 0.220. The second-order valence-electron chi connectivity index (χ2n) is 3.85. The van der Waals surface area contributed by atoms with Crippen LogP contribution in [0.5, 0.6) is 5.75 Å². The van der Waals surface area contributed by atoms with Gasteiger partial charge in [0.1, 0.15) is 11.6 Å². The Morgan fingerprint density at radius 3 is 2.53 bits per heavy atom. The molecule has 1 aromatic carbocycles.